The largest absolute Gasteiger partial charge is 0.323 e. The first kappa shape index (κ1) is 13.6. The van der Waals surface area contributed by atoms with E-state index >= 15 is 0 Å². The third-order valence-corrected chi connectivity index (χ3v) is 4.70. The van der Waals surface area contributed by atoms with E-state index in [2.05, 4.69) is 41.4 Å². The van der Waals surface area contributed by atoms with Gasteiger partial charge in [-0.15, -0.1) is 0 Å². The Morgan fingerprint density at radius 2 is 2.00 bits per heavy atom. The highest BCUT2D eigenvalue weighted by molar-refractivity contribution is 5.84. The van der Waals surface area contributed by atoms with Crippen LogP contribution < -0.4 is 5.32 Å². The van der Waals surface area contributed by atoms with Crippen molar-refractivity contribution in [3.05, 3.63) is 35.9 Å². The summed E-state index contributed by atoms with van der Waals surface area (Å²) in [5, 5.41) is 3.54. The molecule has 2 unspecified atom stereocenters. The van der Waals surface area contributed by atoms with Gasteiger partial charge in [0.2, 0.25) is 5.91 Å². The maximum absolute atomic E-state index is 12.6. The monoisotopic (exact) mass is 272 g/mol. The lowest BCUT2D eigenvalue weighted by atomic mass is 9.91. The second kappa shape index (κ2) is 5.96. The van der Waals surface area contributed by atoms with Crippen molar-refractivity contribution in [2.75, 3.05) is 0 Å². The Morgan fingerprint density at radius 3 is 2.60 bits per heavy atom. The van der Waals surface area contributed by atoms with Crippen LogP contribution in [0.5, 0.6) is 0 Å². The lowest BCUT2D eigenvalue weighted by molar-refractivity contribution is -0.134. The number of hydrogen-bond acceptors (Lipinski definition) is 2. The summed E-state index contributed by atoms with van der Waals surface area (Å²) in [6.45, 7) is 2.16. The number of aryl methyl sites for hydroxylation is 1. The lowest BCUT2D eigenvalue weighted by Crippen LogP contribution is -2.47. The smallest absolute Gasteiger partial charge is 0.241 e. The van der Waals surface area contributed by atoms with Crippen LogP contribution >= 0.6 is 0 Å². The van der Waals surface area contributed by atoms with E-state index in [0.717, 1.165) is 19.3 Å². The van der Waals surface area contributed by atoms with Crippen LogP contribution in [0.2, 0.25) is 0 Å². The fraction of sp³-hybridized carbons (Fsp3) is 0.588. The summed E-state index contributed by atoms with van der Waals surface area (Å²) in [5.41, 5.74) is 1.32. The van der Waals surface area contributed by atoms with Gasteiger partial charge in [0, 0.05) is 6.04 Å². The van der Waals surface area contributed by atoms with Gasteiger partial charge in [-0.05, 0) is 44.1 Å². The Bertz CT molecular complexity index is 455. The molecule has 2 aliphatic rings. The molecule has 1 amide bonds. The topological polar surface area (TPSA) is 32.3 Å². The molecular weight excluding hydrogens is 248 g/mol. The normalized spacial score (nSPS) is 26.9. The summed E-state index contributed by atoms with van der Waals surface area (Å²) in [6.07, 6.45) is 6.80. The van der Waals surface area contributed by atoms with E-state index < -0.39 is 0 Å². The third-order valence-electron chi connectivity index (χ3n) is 4.70. The van der Waals surface area contributed by atoms with Gasteiger partial charge in [-0.1, -0.05) is 37.3 Å². The van der Waals surface area contributed by atoms with E-state index in [4.69, 9.17) is 0 Å². The van der Waals surface area contributed by atoms with Crippen molar-refractivity contribution in [3.63, 3.8) is 0 Å². The third kappa shape index (κ3) is 2.59. The van der Waals surface area contributed by atoms with Crippen molar-refractivity contribution in [2.24, 2.45) is 0 Å². The average Bonchev–Trinajstić information content (AvgIpc) is 2.73. The fourth-order valence-corrected chi connectivity index (χ4v) is 3.29. The first-order chi connectivity index (χ1) is 9.79. The molecule has 2 fully saturated rings. The highest BCUT2D eigenvalue weighted by Gasteiger charge is 2.42. The van der Waals surface area contributed by atoms with Gasteiger partial charge < -0.3 is 4.90 Å². The lowest BCUT2D eigenvalue weighted by Gasteiger charge is -2.38. The second-order valence-electron chi connectivity index (χ2n) is 6.00. The van der Waals surface area contributed by atoms with E-state index in [9.17, 15) is 4.79 Å². The summed E-state index contributed by atoms with van der Waals surface area (Å²) in [4.78, 5) is 14.7. The highest BCUT2D eigenvalue weighted by atomic mass is 16.2. The molecule has 0 bridgehead atoms. The molecule has 1 heterocycles. The van der Waals surface area contributed by atoms with Crippen LogP contribution in [0, 0.1) is 0 Å². The molecule has 108 valence electrons. The van der Waals surface area contributed by atoms with E-state index in [1.807, 2.05) is 6.07 Å². The minimum absolute atomic E-state index is 0.0146. The molecule has 3 rings (SSSR count). The summed E-state index contributed by atoms with van der Waals surface area (Å²) >= 11 is 0. The molecule has 2 atom stereocenters. The van der Waals surface area contributed by atoms with E-state index in [0.29, 0.717) is 11.9 Å². The molecule has 1 N–H and O–H groups in total. The fourth-order valence-electron chi connectivity index (χ4n) is 3.29. The summed E-state index contributed by atoms with van der Waals surface area (Å²) in [6, 6.07) is 11.0. The molecule has 1 saturated heterocycles. The van der Waals surface area contributed by atoms with Crippen molar-refractivity contribution in [3.8, 4) is 0 Å². The van der Waals surface area contributed by atoms with Crippen molar-refractivity contribution in [2.45, 2.75) is 63.7 Å². The number of amides is 1. The van der Waals surface area contributed by atoms with Crippen LogP contribution in [0.25, 0.3) is 0 Å². The van der Waals surface area contributed by atoms with Crippen LogP contribution in [0.15, 0.2) is 30.3 Å². The molecule has 20 heavy (non-hydrogen) atoms. The second-order valence-corrected chi connectivity index (χ2v) is 6.00. The van der Waals surface area contributed by atoms with Crippen molar-refractivity contribution >= 4 is 5.91 Å². The van der Waals surface area contributed by atoms with Gasteiger partial charge in [0.25, 0.3) is 0 Å². The van der Waals surface area contributed by atoms with Crippen LogP contribution in [-0.2, 0) is 11.2 Å². The Kier molecular flexibility index (Phi) is 4.06. The van der Waals surface area contributed by atoms with Crippen molar-refractivity contribution in [1.29, 1.82) is 0 Å². The van der Waals surface area contributed by atoms with Gasteiger partial charge in [0.05, 0.1) is 12.2 Å². The number of carbonyl (C=O) groups excluding carboxylic acids is 1. The summed E-state index contributed by atoms with van der Waals surface area (Å²) in [5.74, 6) is 0.331. The summed E-state index contributed by atoms with van der Waals surface area (Å²) < 4.78 is 0. The van der Waals surface area contributed by atoms with Gasteiger partial charge in [-0.25, -0.2) is 0 Å². The number of carbonyl (C=O) groups is 1. The maximum Gasteiger partial charge on any atom is 0.241 e. The zero-order valence-electron chi connectivity index (χ0n) is 12.2. The number of benzene rings is 1. The Balaban J connectivity index is 1.61. The SMILES string of the molecule is CCC1NC(CCc2ccccc2)C(=O)N1C1CCC1. The molecule has 1 aliphatic carbocycles. The molecule has 1 saturated carbocycles. The van der Waals surface area contributed by atoms with Crippen molar-refractivity contribution in [1.82, 2.24) is 10.2 Å². The van der Waals surface area contributed by atoms with Crippen LogP contribution in [0.1, 0.15) is 44.6 Å². The first-order valence-corrected chi connectivity index (χ1v) is 7.91. The summed E-state index contributed by atoms with van der Waals surface area (Å²) in [7, 11) is 0. The molecule has 0 radical (unpaired) electrons. The van der Waals surface area contributed by atoms with E-state index in [-0.39, 0.29) is 12.2 Å². The Labute approximate surface area is 121 Å². The quantitative estimate of drug-likeness (QED) is 0.894. The predicted molar refractivity (Wildman–Crippen MR) is 80.3 cm³/mol. The molecule has 0 spiro atoms. The van der Waals surface area contributed by atoms with Crippen LogP contribution in [-0.4, -0.2) is 29.1 Å². The maximum atomic E-state index is 12.6. The van der Waals surface area contributed by atoms with Crippen molar-refractivity contribution < 1.29 is 4.79 Å². The standard InChI is InChI=1S/C17H24N2O/c1-2-16-18-15(12-11-13-7-4-3-5-8-13)17(20)19(16)14-9-6-10-14/h3-5,7-8,14-16,18H,2,6,9-12H2,1H3. The minimum atomic E-state index is 0.0146. The predicted octanol–water partition coefficient (Wildman–Crippen LogP) is 2.71. The number of nitrogens with one attached hydrogen (secondary N) is 1. The van der Waals surface area contributed by atoms with Crippen LogP contribution in [0.3, 0.4) is 0 Å². The van der Waals surface area contributed by atoms with Gasteiger partial charge in [-0.3, -0.25) is 10.1 Å². The van der Waals surface area contributed by atoms with Gasteiger partial charge in [-0.2, -0.15) is 0 Å². The van der Waals surface area contributed by atoms with Gasteiger partial charge >= 0.3 is 0 Å². The zero-order valence-corrected chi connectivity index (χ0v) is 12.2. The molecule has 1 aromatic carbocycles. The number of hydrogen-bond donors (Lipinski definition) is 1. The van der Waals surface area contributed by atoms with E-state index in [1.165, 1.54) is 24.8 Å². The van der Waals surface area contributed by atoms with E-state index in [1.54, 1.807) is 0 Å². The first-order valence-electron chi connectivity index (χ1n) is 7.91. The average molecular weight is 272 g/mol. The van der Waals surface area contributed by atoms with Gasteiger partial charge in [0.1, 0.15) is 0 Å². The molecule has 3 nitrogen and oxygen atoms in total. The molecular formula is C17H24N2O. The molecule has 1 aromatic rings. The number of rotatable bonds is 5. The zero-order chi connectivity index (χ0) is 13.9. The highest BCUT2D eigenvalue weighted by Crippen LogP contribution is 2.30. The minimum Gasteiger partial charge on any atom is -0.323 e. The molecule has 3 heteroatoms. The Morgan fingerprint density at radius 1 is 1.25 bits per heavy atom. The van der Waals surface area contributed by atoms with Gasteiger partial charge in [0.15, 0.2) is 0 Å². The molecule has 0 aromatic heterocycles. The van der Waals surface area contributed by atoms with Crippen LogP contribution in [0.4, 0.5) is 0 Å². The Hall–Kier alpha value is -1.35. The molecule has 1 aliphatic heterocycles. The number of nitrogens with zero attached hydrogens (tertiary/aromatic N) is 1.